The summed E-state index contributed by atoms with van der Waals surface area (Å²) in [4.78, 5) is 11.5. The van der Waals surface area contributed by atoms with Crippen molar-refractivity contribution in [2.24, 2.45) is 5.73 Å². The van der Waals surface area contributed by atoms with Gasteiger partial charge in [-0.25, -0.2) is 8.42 Å². The molecule has 0 bridgehead atoms. The molecule has 0 unspecified atom stereocenters. The van der Waals surface area contributed by atoms with E-state index in [1.54, 1.807) is 19.1 Å². The zero-order chi connectivity index (χ0) is 16.2. The number of rotatable bonds is 6. The average Bonchev–Trinajstić information content (AvgIpc) is 3.04. The summed E-state index contributed by atoms with van der Waals surface area (Å²) in [6.45, 7) is 3.00. The third-order valence-corrected chi connectivity index (χ3v) is 5.32. The Morgan fingerprint density at radius 1 is 1.36 bits per heavy atom. The van der Waals surface area contributed by atoms with Gasteiger partial charge in [-0.2, -0.15) is 4.31 Å². The number of nitrogens with two attached hydrogens (primary N) is 1. The fourth-order valence-electron chi connectivity index (χ4n) is 2.34. The highest BCUT2D eigenvalue weighted by molar-refractivity contribution is 7.89. The Morgan fingerprint density at radius 3 is 2.64 bits per heavy atom. The van der Waals surface area contributed by atoms with Crippen molar-refractivity contribution in [3.05, 3.63) is 18.2 Å². The number of nitrogens with zero attached hydrogens (tertiary/aromatic N) is 1. The Hall–Kier alpha value is -1.64. The van der Waals surface area contributed by atoms with Gasteiger partial charge in [0.25, 0.3) is 0 Å². The number of nitrogens with one attached hydrogen (secondary N) is 1. The minimum atomic E-state index is -3.63. The van der Waals surface area contributed by atoms with Gasteiger partial charge in [0.05, 0.1) is 13.2 Å². The van der Waals surface area contributed by atoms with Gasteiger partial charge in [-0.3, -0.25) is 4.79 Å². The SMILES string of the molecule is CCOc1ccc(NC(=O)CN)cc1S(=O)(=O)N1CCCC1. The summed E-state index contributed by atoms with van der Waals surface area (Å²) in [7, 11) is -3.63. The van der Waals surface area contributed by atoms with Crippen molar-refractivity contribution in [1.29, 1.82) is 0 Å². The Kier molecular flexibility index (Phi) is 5.38. The Bertz CT molecular complexity index is 639. The van der Waals surface area contributed by atoms with Gasteiger partial charge in [-0.1, -0.05) is 0 Å². The Morgan fingerprint density at radius 2 is 2.05 bits per heavy atom. The van der Waals surface area contributed by atoms with Crippen LogP contribution in [0.2, 0.25) is 0 Å². The lowest BCUT2D eigenvalue weighted by atomic mass is 10.3. The van der Waals surface area contributed by atoms with Crippen LogP contribution in [0, 0.1) is 0 Å². The van der Waals surface area contributed by atoms with E-state index in [2.05, 4.69) is 5.32 Å². The molecule has 7 nitrogen and oxygen atoms in total. The summed E-state index contributed by atoms with van der Waals surface area (Å²) in [6.07, 6.45) is 1.71. The van der Waals surface area contributed by atoms with Crippen LogP contribution in [-0.2, 0) is 14.8 Å². The molecule has 1 heterocycles. The average molecular weight is 327 g/mol. The fourth-order valence-corrected chi connectivity index (χ4v) is 4.02. The quantitative estimate of drug-likeness (QED) is 0.803. The molecule has 1 aliphatic heterocycles. The van der Waals surface area contributed by atoms with Gasteiger partial charge in [-0.15, -0.1) is 0 Å². The van der Waals surface area contributed by atoms with Crippen molar-refractivity contribution >= 4 is 21.6 Å². The maximum atomic E-state index is 12.7. The van der Waals surface area contributed by atoms with E-state index >= 15 is 0 Å². The second-order valence-corrected chi connectivity index (χ2v) is 6.86. The molecule has 0 radical (unpaired) electrons. The lowest BCUT2D eigenvalue weighted by molar-refractivity contribution is -0.114. The van der Waals surface area contributed by atoms with Crippen molar-refractivity contribution in [1.82, 2.24) is 4.31 Å². The molecule has 122 valence electrons. The monoisotopic (exact) mass is 327 g/mol. The lowest BCUT2D eigenvalue weighted by Crippen LogP contribution is -2.28. The zero-order valence-electron chi connectivity index (χ0n) is 12.5. The van der Waals surface area contributed by atoms with Crippen molar-refractivity contribution in [3.63, 3.8) is 0 Å². The molecule has 1 saturated heterocycles. The molecule has 1 aliphatic rings. The highest BCUT2D eigenvalue weighted by Crippen LogP contribution is 2.31. The maximum absolute atomic E-state index is 12.7. The first-order valence-electron chi connectivity index (χ1n) is 7.26. The second-order valence-electron chi connectivity index (χ2n) is 4.96. The number of amides is 1. The minimum Gasteiger partial charge on any atom is -0.492 e. The van der Waals surface area contributed by atoms with Gasteiger partial charge in [0.1, 0.15) is 10.6 Å². The van der Waals surface area contributed by atoms with Crippen molar-refractivity contribution in [2.75, 3.05) is 31.6 Å². The van der Waals surface area contributed by atoms with Crippen LogP contribution < -0.4 is 15.8 Å². The van der Waals surface area contributed by atoms with E-state index in [4.69, 9.17) is 10.5 Å². The maximum Gasteiger partial charge on any atom is 0.246 e. The van der Waals surface area contributed by atoms with Gasteiger partial charge >= 0.3 is 0 Å². The molecule has 0 atom stereocenters. The van der Waals surface area contributed by atoms with Crippen LogP contribution in [0.3, 0.4) is 0 Å². The predicted octanol–water partition coefficient (Wildman–Crippen LogP) is 0.767. The number of hydrogen-bond donors (Lipinski definition) is 2. The van der Waals surface area contributed by atoms with Crippen molar-refractivity contribution in [2.45, 2.75) is 24.7 Å². The number of hydrogen-bond acceptors (Lipinski definition) is 5. The first-order chi connectivity index (χ1) is 10.5. The molecule has 0 spiro atoms. The molecule has 0 saturated carbocycles. The molecule has 2 rings (SSSR count). The van der Waals surface area contributed by atoms with Crippen molar-refractivity contribution < 1.29 is 17.9 Å². The highest BCUT2D eigenvalue weighted by atomic mass is 32.2. The summed E-state index contributed by atoms with van der Waals surface area (Å²) < 4.78 is 32.4. The Balaban J connectivity index is 2.40. The van der Waals surface area contributed by atoms with Crippen LogP contribution in [0.1, 0.15) is 19.8 Å². The number of carbonyl (C=O) groups is 1. The summed E-state index contributed by atoms with van der Waals surface area (Å²) in [5.74, 6) is -0.0890. The van der Waals surface area contributed by atoms with Gasteiger partial charge in [-0.05, 0) is 38.0 Å². The first-order valence-corrected chi connectivity index (χ1v) is 8.70. The molecule has 22 heavy (non-hydrogen) atoms. The number of anilines is 1. The molecule has 1 aromatic carbocycles. The largest absolute Gasteiger partial charge is 0.492 e. The summed E-state index contributed by atoms with van der Waals surface area (Å²) in [5.41, 5.74) is 5.64. The smallest absolute Gasteiger partial charge is 0.246 e. The van der Waals surface area contributed by atoms with Gasteiger partial charge in [0.15, 0.2) is 0 Å². The zero-order valence-corrected chi connectivity index (χ0v) is 13.4. The molecule has 0 aliphatic carbocycles. The topological polar surface area (TPSA) is 102 Å². The fraction of sp³-hybridized carbons (Fsp3) is 0.500. The molecule has 8 heteroatoms. The molecular formula is C14H21N3O4S. The van der Waals surface area contributed by atoms with E-state index in [0.29, 0.717) is 31.1 Å². The molecule has 3 N–H and O–H groups in total. The van der Waals surface area contributed by atoms with Crippen LogP contribution in [0.4, 0.5) is 5.69 Å². The normalized spacial score (nSPS) is 15.7. The van der Waals surface area contributed by atoms with Crippen LogP contribution >= 0.6 is 0 Å². The lowest BCUT2D eigenvalue weighted by Gasteiger charge is -2.19. The molecule has 0 aromatic heterocycles. The summed E-state index contributed by atoms with van der Waals surface area (Å²) in [6, 6.07) is 4.58. The second kappa shape index (κ2) is 7.08. The van der Waals surface area contributed by atoms with Crippen LogP contribution in [0.25, 0.3) is 0 Å². The minimum absolute atomic E-state index is 0.0751. The molecule has 1 amide bonds. The van der Waals surface area contributed by atoms with Crippen LogP contribution in [-0.4, -0.2) is 44.9 Å². The van der Waals surface area contributed by atoms with E-state index in [9.17, 15) is 13.2 Å². The number of carbonyl (C=O) groups excluding carboxylic acids is 1. The summed E-state index contributed by atoms with van der Waals surface area (Å²) >= 11 is 0. The molecular weight excluding hydrogens is 306 g/mol. The van der Waals surface area contributed by atoms with E-state index in [1.165, 1.54) is 10.4 Å². The van der Waals surface area contributed by atoms with Crippen LogP contribution in [0.15, 0.2) is 23.1 Å². The van der Waals surface area contributed by atoms with Crippen molar-refractivity contribution in [3.8, 4) is 5.75 Å². The Labute approximate surface area is 130 Å². The van der Waals surface area contributed by atoms with Crippen LogP contribution in [0.5, 0.6) is 5.75 Å². The molecule has 1 aromatic rings. The van der Waals surface area contributed by atoms with Gasteiger partial charge < -0.3 is 15.8 Å². The number of benzene rings is 1. The predicted molar refractivity (Wildman–Crippen MR) is 83.3 cm³/mol. The standard InChI is InChI=1S/C14H21N3O4S/c1-2-21-12-6-5-11(16-14(18)10-15)9-13(12)22(19,20)17-7-3-4-8-17/h5-6,9H,2-4,7-8,10,15H2,1H3,(H,16,18). The van der Waals surface area contributed by atoms with Gasteiger partial charge in [0.2, 0.25) is 15.9 Å². The van der Waals surface area contributed by atoms with Gasteiger partial charge in [0, 0.05) is 18.8 Å². The third kappa shape index (κ3) is 3.57. The highest BCUT2D eigenvalue weighted by Gasteiger charge is 2.30. The van der Waals surface area contributed by atoms with E-state index in [-0.39, 0.29) is 17.3 Å². The number of sulfonamides is 1. The summed E-state index contributed by atoms with van der Waals surface area (Å²) in [5, 5.41) is 2.56. The first kappa shape index (κ1) is 16.7. The van der Waals surface area contributed by atoms with E-state index < -0.39 is 10.0 Å². The third-order valence-electron chi connectivity index (χ3n) is 3.40. The molecule has 1 fully saturated rings. The van der Waals surface area contributed by atoms with E-state index in [1.807, 2.05) is 0 Å². The van der Waals surface area contributed by atoms with E-state index in [0.717, 1.165) is 12.8 Å². The number of ether oxygens (including phenoxy) is 1.